The predicted octanol–water partition coefficient (Wildman–Crippen LogP) is 4.45. The second-order valence-corrected chi connectivity index (χ2v) is 7.79. The lowest BCUT2D eigenvalue weighted by Gasteiger charge is -2.38. The summed E-state index contributed by atoms with van der Waals surface area (Å²) in [7, 11) is 4.42. The van der Waals surface area contributed by atoms with Crippen LogP contribution in [0.15, 0.2) is 22.5 Å². The van der Waals surface area contributed by atoms with Gasteiger partial charge in [0.15, 0.2) is 5.96 Å². The topological polar surface area (TPSA) is 30.9 Å². The highest BCUT2D eigenvalue weighted by Gasteiger charge is 2.31. The Morgan fingerprint density at radius 1 is 1.44 bits per heavy atom. The van der Waals surface area contributed by atoms with Gasteiger partial charge in [-0.3, -0.25) is 9.89 Å². The van der Waals surface area contributed by atoms with Crippen LogP contribution in [0.5, 0.6) is 0 Å². The summed E-state index contributed by atoms with van der Waals surface area (Å²) in [5, 5.41) is 5.65. The molecule has 6 heteroatoms. The van der Waals surface area contributed by atoms with Gasteiger partial charge < -0.3 is 10.2 Å². The molecule has 0 saturated carbocycles. The zero-order valence-corrected chi connectivity index (χ0v) is 19.3. The van der Waals surface area contributed by atoms with Crippen molar-refractivity contribution in [3.63, 3.8) is 0 Å². The summed E-state index contributed by atoms with van der Waals surface area (Å²) < 4.78 is 0. The molecular formula is C19H35IN4S. The Bertz CT molecular complexity index is 492. The first-order valence-electron chi connectivity index (χ1n) is 9.40. The first kappa shape index (κ1) is 22.7. The van der Waals surface area contributed by atoms with E-state index in [9.17, 15) is 0 Å². The van der Waals surface area contributed by atoms with Gasteiger partial charge >= 0.3 is 0 Å². The van der Waals surface area contributed by atoms with Gasteiger partial charge in [-0.2, -0.15) is 0 Å². The Kier molecular flexibility index (Phi) is 11.0. The van der Waals surface area contributed by atoms with Gasteiger partial charge in [0.05, 0.1) is 0 Å². The number of unbranched alkanes of at least 4 members (excludes halogenated alkanes) is 1. The molecule has 2 rings (SSSR count). The monoisotopic (exact) mass is 478 g/mol. The lowest BCUT2D eigenvalue weighted by Crippen LogP contribution is -2.41. The molecule has 0 amide bonds. The molecule has 1 aromatic rings. The van der Waals surface area contributed by atoms with E-state index in [0.29, 0.717) is 12.0 Å². The molecule has 0 bridgehead atoms. The van der Waals surface area contributed by atoms with Crippen molar-refractivity contribution in [2.24, 2.45) is 10.9 Å². The minimum atomic E-state index is 0. The standard InChI is InChI=1S/C19H34N4S.HI/c1-5-7-12-23(4)19(20-6-2)21-15-16-10-8-13-22(3)18(16)17-11-9-14-24-17;/h9,11,14,16,18H,5-8,10,12-13,15H2,1-4H3,(H,20,21);1H. The summed E-state index contributed by atoms with van der Waals surface area (Å²) in [5.74, 6) is 1.67. The molecule has 1 aliphatic heterocycles. The highest BCUT2D eigenvalue weighted by molar-refractivity contribution is 14.0. The highest BCUT2D eigenvalue weighted by Crippen LogP contribution is 2.37. The van der Waals surface area contributed by atoms with Gasteiger partial charge in [0.25, 0.3) is 0 Å². The van der Waals surface area contributed by atoms with Crippen LogP contribution in [0.25, 0.3) is 0 Å². The number of nitrogens with zero attached hydrogens (tertiary/aromatic N) is 3. The van der Waals surface area contributed by atoms with Crippen molar-refractivity contribution in [2.45, 2.75) is 45.6 Å². The quantitative estimate of drug-likeness (QED) is 0.357. The van der Waals surface area contributed by atoms with Crippen molar-refractivity contribution >= 4 is 41.3 Å². The summed E-state index contributed by atoms with van der Waals surface area (Å²) >= 11 is 1.88. The molecule has 1 aromatic heterocycles. The van der Waals surface area contributed by atoms with E-state index >= 15 is 0 Å². The molecule has 0 radical (unpaired) electrons. The zero-order valence-electron chi connectivity index (χ0n) is 16.2. The molecule has 1 aliphatic rings. The summed E-state index contributed by atoms with van der Waals surface area (Å²) in [5.41, 5.74) is 0. The average molecular weight is 478 g/mol. The normalized spacial score (nSPS) is 21.7. The number of piperidine rings is 1. The smallest absolute Gasteiger partial charge is 0.193 e. The van der Waals surface area contributed by atoms with Gasteiger partial charge in [0, 0.05) is 37.6 Å². The summed E-state index contributed by atoms with van der Waals surface area (Å²) in [4.78, 5) is 11.3. The van der Waals surface area contributed by atoms with Crippen molar-refractivity contribution in [3.05, 3.63) is 22.4 Å². The van der Waals surface area contributed by atoms with E-state index < -0.39 is 0 Å². The minimum Gasteiger partial charge on any atom is -0.357 e. The number of hydrogen-bond donors (Lipinski definition) is 1. The number of likely N-dealkylation sites (tertiary alicyclic amines) is 1. The fourth-order valence-electron chi connectivity index (χ4n) is 3.53. The maximum Gasteiger partial charge on any atom is 0.193 e. The van der Waals surface area contributed by atoms with Crippen molar-refractivity contribution in [2.75, 3.05) is 40.3 Å². The van der Waals surface area contributed by atoms with Crippen LogP contribution in [0.2, 0.25) is 0 Å². The number of rotatable bonds is 7. The lowest BCUT2D eigenvalue weighted by atomic mass is 9.88. The van der Waals surface area contributed by atoms with Gasteiger partial charge in [-0.1, -0.05) is 19.4 Å². The largest absolute Gasteiger partial charge is 0.357 e. The van der Waals surface area contributed by atoms with E-state index in [0.717, 1.165) is 25.6 Å². The SMILES string of the molecule is CCCCN(C)C(=NCC1CCCN(C)C1c1cccs1)NCC.I. The molecule has 144 valence electrons. The van der Waals surface area contributed by atoms with E-state index in [4.69, 9.17) is 4.99 Å². The molecule has 2 heterocycles. The molecule has 25 heavy (non-hydrogen) atoms. The molecule has 4 nitrogen and oxygen atoms in total. The maximum atomic E-state index is 4.99. The van der Waals surface area contributed by atoms with E-state index in [1.165, 1.54) is 37.1 Å². The van der Waals surface area contributed by atoms with Crippen LogP contribution < -0.4 is 5.32 Å². The number of hydrogen-bond acceptors (Lipinski definition) is 3. The van der Waals surface area contributed by atoms with Crippen LogP contribution in [0.1, 0.15) is 50.4 Å². The Morgan fingerprint density at radius 2 is 2.24 bits per heavy atom. The Morgan fingerprint density at radius 3 is 2.88 bits per heavy atom. The van der Waals surface area contributed by atoms with Crippen LogP contribution in [0.3, 0.4) is 0 Å². The molecule has 1 N–H and O–H groups in total. The first-order valence-corrected chi connectivity index (χ1v) is 10.3. The molecule has 2 unspecified atom stereocenters. The maximum absolute atomic E-state index is 4.99. The summed E-state index contributed by atoms with van der Waals surface area (Å²) in [6, 6.07) is 4.98. The van der Waals surface area contributed by atoms with Crippen molar-refractivity contribution < 1.29 is 0 Å². The molecule has 2 atom stereocenters. The van der Waals surface area contributed by atoms with Crippen molar-refractivity contribution in [1.29, 1.82) is 0 Å². The van der Waals surface area contributed by atoms with Gasteiger partial charge in [0.2, 0.25) is 0 Å². The molecule has 1 fully saturated rings. The van der Waals surface area contributed by atoms with Crippen molar-refractivity contribution in [3.8, 4) is 0 Å². The average Bonchev–Trinajstić information content (AvgIpc) is 3.10. The second kappa shape index (κ2) is 12.1. The fourth-order valence-corrected chi connectivity index (χ4v) is 4.52. The molecular weight excluding hydrogens is 443 g/mol. The molecule has 0 aliphatic carbocycles. The Hall–Kier alpha value is -0.340. The lowest BCUT2D eigenvalue weighted by molar-refractivity contribution is 0.128. The molecule has 1 saturated heterocycles. The third-order valence-electron chi connectivity index (χ3n) is 4.86. The van der Waals surface area contributed by atoms with Crippen molar-refractivity contribution in [1.82, 2.24) is 15.1 Å². The number of thiophene rings is 1. The highest BCUT2D eigenvalue weighted by atomic mass is 127. The zero-order chi connectivity index (χ0) is 17.4. The molecule has 0 spiro atoms. The van der Waals surface area contributed by atoms with Crippen LogP contribution >= 0.6 is 35.3 Å². The van der Waals surface area contributed by atoms with Gasteiger partial charge in [-0.05, 0) is 57.1 Å². The number of aliphatic imine (C=N–C) groups is 1. The molecule has 0 aromatic carbocycles. The minimum absolute atomic E-state index is 0. The third-order valence-corrected chi connectivity index (χ3v) is 5.80. The summed E-state index contributed by atoms with van der Waals surface area (Å²) in [6.07, 6.45) is 4.98. The van der Waals surface area contributed by atoms with E-state index in [1.807, 2.05) is 11.3 Å². The second-order valence-electron chi connectivity index (χ2n) is 6.81. The van der Waals surface area contributed by atoms with E-state index in [-0.39, 0.29) is 24.0 Å². The first-order chi connectivity index (χ1) is 11.7. The van der Waals surface area contributed by atoms with E-state index in [2.05, 4.69) is 60.6 Å². The fraction of sp³-hybridized carbons (Fsp3) is 0.737. The number of nitrogens with one attached hydrogen (secondary N) is 1. The van der Waals surface area contributed by atoms with Gasteiger partial charge in [-0.25, -0.2) is 0 Å². The van der Waals surface area contributed by atoms with Crippen LogP contribution in [-0.2, 0) is 0 Å². The van der Waals surface area contributed by atoms with Crippen LogP contribution in [0, 0.1) is 5.92 Å². The van der Waals surface area contributed by atoms with Gasteiger partial charge in [-0.15, -0.1) is 35.3 Å². The number of guanidine groups is 1. The van der Waals surface area contributed by atoms with Crippen LogP contribution in [0.4, 0.5) is 0 Å². The Balaban J connectivity index is 0.00000312. The summed E-state index contributed by atoms with van der Waals surface area (Å²) in [6.45, 7) is 8.48. The van der Waals surface area contributed by atoms with E-state index in [1.54, 1.807) is 0 Å². The Labute approximate surface area is 175 Å². The predicted molar refractivity (Wildman–Crippen MR) is 121 cm³/mol. The third kappa shape index (κ3) is 6.71. The number of halogens is 1. The van der Waals surface area contributed by atoms with Gasteiger partial charge in [0.1, 0.15) is 0 Å². The van der Waals surface area contributed by atoms with Crippen LogP contribution in [-0.4, -0.2) is 56.0 Å².